The number of nitrogens with one attached hydrogen (secondary N) is 1. The SMILES string of the molecule is COc1ccc(S(=O)(=O)N(CC(=O)NCCOc2ccc(C)c(Cl)c2)c2ccc(Cl)cc2)cc1. The predicted octanol–water partition coefficient (Wildman–Crippen LogP) is 4.70. The molecule has 34 heavy (non-hydrogen) atoms. The van der Waals surface area contributed by atoms with E-state index >= 15 is 0 Å². The van der Waals surface area contributed by atoms with E-state index < -0.39 is 22.5 Å². The Balaban J connectivity index is 1.70. The number of aryl methyl sites for hydroxylation is 1. The van der Waals surface area contributed by atoms with Crippen molar-refractivity contribution in [1.29, 1.82) is 0 Å². The second kappa shape index (κ2) is 11.5. The van der Waals surface area contributed by atoms with Crippen molar-refractivity contribution in [3.63, 3.8) is 0 Å². The van der Waals surface area contributed by atoms with E-state index in [0.29, 0.717) is 27.2 Å². The zero-order valence-corrected chi connectivity index (χ0v) is 21.0. The zero-order valence-electron chi connectivity index (χ0n) is 18.6. The summed E-state index contributed by atoms with van der Waals surface area (Å²) in [6.45, 7) is 1.84. The van der Waals surface area contributed by atoms with Gasteiger partial charge in [0.15, 0.2) is 0 Å². The molecule has 7 nitrogen and oxygen atoms in total. The molecule has 180 valence electrons. The Hall–Kier alpha value is -2.94. The smallest absolute Gasteiger partial charge is 0.264 e. The third-order valence-corrected chi connectivity index (χ3v) is 7.33. The number of rotatable bonds is 10. The van der Waals surface area contributed by atoms with Gasteiger partial charge in [-0.05, 0) is 73.2 Å². The standard InChI is InChI=1S/C24H24Cl2N2O5S/c1-17-3-8-21(15-23(17)26)33-14-13-27-24(29)16-28(19-6-4-18(25)5-7-19)34(30,31)22-11-9-20(32-2)10-12-22/h3-12,15H,13-14,16H2,1-2H3,(H,27,29). The Morgan fingerprint density at radius 1 is 0.971 bits per heavy atom. The molecule has 3 rings (SSSR count). The maximum atomic E-state index is 13.4. The summed E-state index contributed by atoms with van der Waals surface area (Å²) in [5.74, 6) is 0.608. The first-order valence-corrected chi connectivity index (χ1v) is 12.5. The average Bonchev–Trinajstić information content (AvgIpc) is 2.83. The molecule has 0 saturated carbocycles. The predicted molar refractivity (Wildman–Crippen MR) is 134 cm³/mol. The molecular weight excluding hydrogens is 499 g/mol. The minimum Gasteiger partial charge on any atom is -0.497 e. The second-order valence-electron chi connectivity index (χ2n) is 7.27. The van der Waals surface area contributed by atoms with Crippen molar-refractivity contribution in [3.8, 4) is 11.5 Å². The van der Waals surface area contributed by atoms with Gasteiger partial charge in [-0.15, -0.1) is 0 Å². The molecule has 3 aromatic rings. The van der Waals surface area contributed by atoms with E-state index in [1.807, 2.05) is 13.0 Å². The van der Waals surface area contributed by atoms with Crippen molar-refractivity contribution in [2.75, 3.05) is 31.1 Å². The number of hydrogen-bond acceptors (Lipinski definition) is 5. The fourth-order valence-electron chi connectivity index (χ4n) is 3.01. The van der Waals surface area contributed by atoms with E-state index in [4.69, 9.17) is 32.7 Å². The van der Waals surface area contributed by atoms with E-state index in [-0.39, 0.29) is 18.0 Å². The lowest BCUT2D eigenvalue weighted by molar-refractivity contribution is -0.119. The molecule has 0 bridgehead atoms. The molecule has 0 fully saturated rings. The topological polar surface area (TPSA) is 84.9 Å². The van der Waals surface area contributed by atoms with Gasteiger partial charge in [0.1, 0.15) is 24.7 Å². The van der Waals surface area contributed by atoms with E-state index in [1.165, 1.54) is 19.2 Å². The summed E-state index contributed by atoms with van der Waals surface area (Å²) < 4.78 is 38.4. The molecule has 1 N–H and O–H groups in total. The molecule has 0 aliphatic rings. The van der Waals surface area contributed by atoms with Gasteiger partial charge in [-0.1, -0.05) is 29.3 Å². The van der Waals surface area contributed by atoms with Gasteiger partial charge in [0.2, 0.25) is 5.91 Å². The molecule has 1 amide bonds. The highest BCUT2D eigenvalue weighted by Crippen LogP contribution is 2.26. The number of anilines is 1. The molecule has 10 heteroatoms. The first-order chi connectivity index (χ1) is 16.2. The van der Waals surface area contributed by atoms with Gasteiger partial charge in [-0.3, -0.25) is 9.10 Å². The highest BCUT2D eigenvalue weighted by molar-refractivity contribution is 7.92. The maximum Gasteiger partial charge on any atom is 0.264 e. The Morgan fingerprint density at radius 2 is 1.62 bits per heavy atom. The molecular formula is C24H24Cl2N2O5S. The molecule has 0 radical (unpaired) electrons. The summed E-state index contributed by atoms with van der Waals surface area (Å²) in [7, 11) is -2.55. The van der Waals surface area contributed by atoms with Gasteiger partial charge in [-0.25, -0.2) is 8.42 Å². The number of carbonyl (C=O) groups is 1. The van der Waals surface area contributed by atoms with Gasteiger partial charge < -0.3 is 14.8 Å². The molecule has 0 atom stereocenters. The second-order valence-corrected chi connectivity index (χ2v) is 9.98. The number of benzene rings is 3. The summed E-state index contributed by atoms with van der Waals surface area (Å²) >= 11 is 12.0. The van der Waals surface area contributed by atoms with Crippen LogP contribution in [0.25, 0.3) is 0 Å². The lowest BCUT2D eigenvalue weighted by atomic mass is 10.2. The number of sulfonamides is 1. The van der Waals surface area contributed by atoms with Gasteiger partial charge in [-0.2, -0.15) is 0 Å². The van der Waals surface area contributed by atoms with Gasteiger partial charge >= 0.3 is 0 Å². The Kier molecular flexibility index (Phi) is 8.66. The van der Waals surface area contributed by atoms with Crippen LogP contribution in [0.1, 0.15) is 5.56 Å². The van der Waals surface area contributed by atoms with Crippen molar-refractivity contribution in [2.24, 2.45) is 0 Å². The van der Waals surface area contributed by atoms with E-state index in [2.05, 4.69) is 5.32 Å². The molecule has 0 spiro atoms. The van der Waals surface area contributed by atoms with Crippen LogP contribution in [0.2, 0.25) is 10.0 Å². The maximum absolute atomic E-state index is 13.4. The fourth-order valence-corrected chi connectivity index (χ4v) is 4.72. The molecule has 0 saturated heterocycles. The van der Waals surface area contributed by atoms with Crippen LogP contribution in [-0.4, -0.2) is 41.1 Å². The van der Waals surface area contributed by atoms with E-state index in [0.717, 1.165) is 9.87 Å². The summed E-state index contributed by atoms with van der Waals surface area (Å²) in [4.78, 5) is 12.7. The zero-order chi connectivity index (χ0) is 24.7. The average molecular weight is 523 g/mol. The summed E-state index contributed by atoms with van der Waals surface area (Å²) in [6.07, 6.45) is 0. The van der Waals surface area contributed by atoms with Crippen LogP contribution in [0, 0.1) is 6.92 Å². The van der Waals surface area contributed by atoms with Crippen molar-refractivity contribution in [2.45, 2.75) is 11.8 Å². The van der Waals surface area contributed by atoms with Crippen LogP contribution >= 0.6 is 23.2 Å². The number of carbonyl (C=O) groups excluding carboxylic acids is 1. The molecule has 3 aromatic carbocycles. The summed E-state index contributed by atoms with van der Waals surface area (Å²) in [5, 5.41) is 3.72. The first-order valence-electron chi connectivity index (χ1n) is 10.3. The number of methoxy groups -OCH3 is 1. The van der Waals surface area contributed by atoms with Crippen molar-refractivity contribution in [1.82, 2.24) is 5.32 Å². The van der Waals surface area contributed by atoms with Crippen molar-refractivity contribution >= 4 is 44.8 Å². The quantitative estimate of drug-likeness (QED) is 0.390. The minimum absolute atomic E-state index is 0.0237. The Labute approximate surface area is 209 Å². The third-order valence-electron chi connectivity index (χ3n) is 4.89. The molecule has 0 aliphatic heterocycles. The summed E-state index contributed by atoms with van der Waals surface area (Å²) in [6, 6.07) is 17.5. The van der Waals surface area contributed by atoms with Gasteiger partial charge in [0.05, 0.1) is 24.2 Å². The molecule has 0 aliphatic carbocycles. The van der Waals surface area contributed by atoms with Crippen LogP contribution in [0.3, 0.4) is 0 Å². The number of nitrogens with zero attached hydrogens (tertiary/aromatic N) is 1. The molecule has 0 unspecified atom stereocenters. The third kappa shape index (κ3) is 6.56. The van der Waals surface area contributed by atoms with Gasteiger partial charge in [0, 0.05) is 10.0 Å². The van der Waals surface area contributed by atoms with Crippen LogP contribution in [0.4, 0.5) is 5.69 Å². The highest BCUT2D eigenvalue weighted by Gasteiger charge is 2.27. The van der Waals surface area contributed by atoms with Crippen LogP contribution in [-0.2, 0) is 14.8 Å². The number of halogens is 2. The fraction of sp³-hybridized carbons (Fsp3) is 0.208. The van der Waals surface area contributed by atoms with Crippen LogP contribution in [0.5, 0.6) is 11.5 Å². The van der Waals surface area contributed by atoms with Gasteiger partial charge in [0.25, 0.3) is 10.0 Å². The van der Waals surface area contributed by atoms with E-state index in [9.17, 15) is 13.2 Å². The highest BCUT2D eigenvalue weighted by atomic mass is 35.5. The monoisotopic (exact) mass is 522 g/mol. The number of ether oxygens (including phenoxy) is 2. The van der Waals surface area contributed by atoms with Crippen molar-refractivity contribution in [3.05, 3.63) is 82.3 Å². The Bertz CT molecular complexity index is 1230. The van der Waals surface area contributed by atoms with Crippen molar-refractivity contribution < 1.29 is 22.7 Å². The molecule has 0 aromatic heterocycles. The lowest BCUT2D eigenvalue weighted by Crippen LogP contribution is -2.41. The number of hydrogen-bond donors (Lipinski definition) is 1. The van der Waals surface area contributed by atoms with E-state index in [1.54, 1.807) is 48.5 Å². The largest absolute Gasteiger partial charge is 0.497 e. The first kappa shape index (κ1) is 25.7. The number of amides is 1. The Morgan fingerprint density at radius 3 is 2.24 bits per heavy atom. The lowest BCUT2D eigenvalue weighted by Gasteiger charge is -2.24. The molecule has 0 heterocycles. The summed E-state index contributed by atoms with van der Waals surface area (Å²) in [5.41, 5.74) is 1.24. The minimum atomic E-state index is -4.04. The normalized spacial score (nSPS) is 11.1. The van der Waals surface area contributed by atoms with Crippen LogP contribution < -0.4 is 19.1 Å². The van der Waals surface area contributed by atoms with Crippen LogP contribution in [0.15, 0.2) is 71.6 Å².